The number of nitrogens with zero attached hydrogens (tertiary/aromatic N) is 4. The van der Waals surface area contributed by atoms with Crippen molar-refractivity contribution in [1.82, 2.24) is 15.1 Å². The van der Waals surface area contributed by atoms with Gasteiger partial charge < -0.3 is 14.9 Å². The Morgan fingerprint density at radius 2 is 1.92 bits per heavy atom. The summed E-state index contributed by atoms with van der Waals surface area (Å²) >= 11 is 0. The summed E-state index contributed by atoms with van der Waals surface area (Å²) in [4.78, 5) is 4.87. The van der Waals surface area contributed by atoms with Crippen molar-refractivity contribution in [2.75, 3.05) is 31.6 Å². The van der Waals surface area contributed by atoms with E-state index in [1.54, 1.807) is 6.07 Å². The molecule has 0 spiro atoms. The lowest BCUT2D eigenvalue weighted by molar-refractivity contribution is 0.158. The minimum atomic E-state index is 0.275. The quantitative estimate of drug-likeness (QED) is 0.898. The van der Waals surface area contributed by atoms with Gasteiger partial charge in [0.15, 0.2) is 5.82 Å². The van der Waals surface area contributed by atoms with Gasteiger partial charge in [-0.2, -0.15) is 0 Å². The number of hydrogen-bond donors (Lipinski definition) is 1. The van der Waals surface area contributed by atoms with Crippen molar-refractivity contribution in [2.45, 2.75) is 39.2 Å². The molecule has 0 unspecified atom stereocenters. The molecular weight excluding hydrogens is 324 g/mol. The van der Waals surface area contributed by atoms with Crippen LogP contribution in [0.2, 0.25) is 0 Å². The van der Waals surface area contributed by atoms with Gasteiger partial charge in [0.1, 0.15) is 5.75 Å². The van der Waals surface area contributed by atoms with Crippen LogP contribution in [0.25, 0.3) is 11.3 Å². The van der Waals surface area contributed by atoms with Crippen molar-refractivity contribution < 1.29 is 5.11 Å². The van der Waals surface area contributed by atoms with Gasteiger partial charge >= 0.3 is 0 Å². The fourth-order valence-corrected chi connectivity index (χ4v) is 4.69. The highest BCUT2D eigenvalue weighted by atomic mass is 16.3. The van der Waals surface area contributed by atoms with E-state index in [2.05, 4.69) is 39.2 Å². The van der Waals surface area contributed by atoms with E-state index in [4.69, 9.17) is 0 Å². The van der Waals surface area contributed by atoms with Crippen molar-refractivity contribution in [2.24, 2.45) is 5.92 Å². The number of aromatic nitrogens is 2. The maximum absolute atomic E-state index is 10.3. The van der Waals surface area contributed by atoms with Crippen LogP contribution in [0.1, 0.15) is 30.4 Å². The molecule has 2 aliphatic rings. The van der Waals surface area contributed by atoms with Gasteiger partial charge in [0.2, 0.25) is 0 Å². The number of piperidine rings is 2. The average molecular weight is 352 g/mol. The van der Waals surface area contributed by atoms with E-state index in [1.165, 1.54) is 25.8 Å². The number of aromatic hydroxyl groups is 1. The van der Waals surface area contributed by atoms with E-state index >= 15 is 0 Å². The first kappa shape index (κ1) is 17.3. The molecular formula is C21H28N4O. The van der Waals surface area contributed by atoms with Gasteiger partial charge in [-0.25, -0.2) is 0 Å². The van der Waals surface area contributed by atoms with E-state index in [9.17, 15) is 5.11 Å². The fourth-order valence-electron chi connectivity index (χ4n) is 4.69. The number of likely N-dealkylation sites (N-methyl/N-ethyl adjacent to an activating group) is 1. The Bertz CT molecular complexity index is 766. The van der Waals surface area contributed by atoms with Crippen LogP contribution in [0.3, 0.4) is 0 Å². The number of fused-ring (bicyclic) bond motifs is 1. The molecule has 1 aromatic carbocycles. The minimum Gasteiger partial charge on any atom is -0.507 e. The van der Waals surface area contributed by atoms with E-state index in [1.807, 2.05) is 19.9 Å². The SMILES string of the molecule is Cc1cc(C)c(-c2ccc(N3CCC[C@@H]4CCN(C)C[C@H]43)nn2)c(O)c1. The summed E-state index contributed by atoms with van der Waals surface area (Å²) in [6, 6.07) is 8.45. The van der Waals surface area contributed by atoms with Crippen LogP contribution in [0.5, 0.6) is 5.75 Å². The molecule has 0 amide bonds. The molecule has 1 N–H and O–H groups in total. The summed E-state index contributed by atoms with van der Waals surface area (Å²) in [7, 11) is 2.21. The maximum atomic E-state index is 10.3. The van der Waals surface area contributed by atoms with Gasteiger partial charge in [-0.1, -0.05) is 6.07 Å². The van der Waals surface area contributed by atoms with Crippen LogP contribution in [0.4, 0.5) is 5.82 Å². The van der Waals surface area contributed by atoms with E-state index in [0.29, 0.717) is 6.04 Å². The first-order chi connectivity index (χ1) is 12.5. The second kappa shape index (κ2) is 6.88. The predicted molar refractivity (Wildman–Crippen MR) is 105 cm³/mol. The zero-order valence-corrected chi connectivity index (χ0v) is 15.9. The molecule has 1 aromatic heterocycles. The number of phenols is 1. The molecule has 26 heavy (non-hydrogen) atoms. The highest BCUT2D eigenvalue weighted by Gasteiger charge is 2.35. The third-order valence-corrected chi connectivity index (χ3v) is 5.96. The van der Waals surface area contributed by atoms with Gasteiger partial charge in [-0.3, -0.25) is 0 Å². The van der Waals surface area contributed by atoms with Gasteiger partial charge in [-0.05, 0) is 81.9 Å². The summed E-state index contributed by atoms with van der Waals surface area (Å²) in [5, 5.41) is 19.4. The van der Waals surface area contributed by atoms with Crippen molar-refractivity contribution >= 4 is 5.82 Å². The van der Waals surface area contributed by atoms with Gasteiger partial charge in [0.05, 0.1) is 5.69 Å². The topological polar surface area (TPSA) is 52.5 Å². The summed E-state index contributed by atoms with van der Waals surface area (Å²) in [5.41, 5.74) is 3.59. The first-order valence-electron chi connectivity index (χ1n) is 9.62. The Morgan fingerprint density at radius 3 is 2.65 bits per heavy atom. The highest BCUT2D eigenvalue weighted by Crippen LogP contribution is 2.35. The van der Waals surface area contributed by atoms with Crippen LogP contribution >= 0.6 is 0 Å². The molecule has 5 heteroatoms. The fraction of sp³-hybridized carbons (Fsp3) is 0.524. The van der Waals surface area contributed by atoms with Gasteiger partial charge in [0.25, 0.3) is 0 Å². The molecule has 0 aliphatic carbocycles. The summed E-state index contributed by atoms with van der Waals surface area (Å²) < 4.78 is 0. The zero-order valence-electron chi connectivity index (χ0n) is 15.9. The minimum absolute atomic E-state index is 0.275. The molecule has 5 nitrogen and oxygen atoms in total. The van der Waals surface area contributed by atoms with Crippen molar-refractivity contribution in [3.63, 3.8) is 0 Å². The highest BCUT2D eigenvalue weighted by molar-refractivity contribution is 5.71. The third-order valence-electron chi connectivity index (χ3n) is 5.96. The lowest BCUT2D eigenvalue weighted by atomic mass is 9.83. The molecule has 0 saturated carbocycles. The average Bonchev–Trinajstić information content (AvgIpc) is 2.61. The number of likely N-dealkylation sites (tertiary alicyclic amines) is 1. The number of rotatable bonds is 2. The second-order valence-electron chi connectivity index (χ2n) is 7.97. The van der Waals surface area contributed by atoms with E-state index in [-0.39, 0.29) is 5.75 Å². The summed E-state index contributed by atoms with van der Waals surface area (Å²) in [6.07, 6.45) is 3.84. The molecule has 138 valence electrons. The third kappa shape index (κ3) is 3.16. The van der Waals surface area contributed by atoms with Crippen LogP contribution in [0.15, 0.2) is 24.3 Å². The predicted octanol–water partition coefficient (Wildman–Crippen LogP) is 3.39. The second-order valence-corrected chi connectivity index (χ2v) is 7.97. The normalized spacial score (nSPS) is 23.7. The Hall–Kier alpha value is -2.14. The Kier molecular flexibility index (Phi) is 4.57. The van der Waals surface area contributed by atoms with Crippen molar-refractivity contribution in [1.29, 1.82) is 0 Å². The molecule has 2 atom stereocenters. The molecule has 2 aliphatic heterocycles. The number of benzene rings is 1. The lowest BCUT2D eigenvalue weighted by Crippen LogP contribution is -2.55. The largest absolute Gasteiger partial charge is 0.507 e. The Morgan fingerprint density at radius 1 is 1.08 bits per heavy atom. The van der Waals surface area contributed by atoms with Crippen LogP contribution in [0, 0.1) is 19.8 Å². The number of anilines is 1. The van der Waals surface area contributed by atoms with Crippen LogP contribution < -0.4 is 4.90 Å². The summed E-state index contributed by atoms with van der Waals surface area (Å²) in [5.74, 6) is 2.00. The molecule has 3 heterocycles. The lowest BCUT2D eigenvalue weighted by Gasteiger charge is -2.47. The number of hydrogen-bond acceptors (Lipinski definition) is 5. The smallest absolute Gasteiger partial charge is 0.151 e. The zero-order chi connectivity index (χ0) is 18.3. The molecule has 4 rings (SSSR count). The summed E-state index contributed by atoms with van der Waals surface area (Å²) in [6.45, 7) is 7.35. The number of phenolic OH excluding ortho intramolecular Hbond substituents is 1. The monoisotopic (exact) mass is 352 g/mol. The number of aryl methyl sites for hydroxylation is 2. The molecule has 0 bridgehead atoms. The van der Waals surface area contributed by atoms with E-state index in [0.717, 1.165) is 47.2 Å². The molecule has 0 radical (unpaired) electrons. The molecule has 2 fully saturated rings. The Labute approximate surface area is 155 Å². The van der Waals surface area contributed by atoms with Crippen molar-refractivity contribution in [3.05, 3.63) is 35.4 Å². The van der Waals surface area contributed by atoms with Crippen molar-refractivity contribution in [3.8, 4) is 17.0 Å². The van der Waals surface area contributed by atoms with E-state index < -0.39 is 0 Å². The maximum Gasteiger partial charge on any atom is 0.151 e. The Balaban J connectivity index is 1.62. The van der Waals surface area contributed by atoms with Gasteiger partial charge in [-0.15, -0.1) is 10.2 Å². The molecule has 2 aromatic rings. The molecule has 2 saturated heterocycles. The van der Waals surface area contributed by atoms with Crippen LogP contribution in [-0.4, -0.2) is 52.9 Å². The first-order valence-corrected chi connectivity index (χ1v) is 9.62. The van der Waals surface area contributed by atoms with Crippen LogP contribution in [-0.2, 0) is 0 Å². The standard InChI is InChI=1S/C21H28N4O/c1-14-11-15(2)21(19(26)12-14)17-6-7-20(23-22-17)25-9-4-5-16-8-10-24(3)13-18(16)25/h6-7,11-12,16,18,26H,4-5,8-10,13H2,1-3H3/t16-,18-/m1/s1. The van der Waals surface area contributed by atoms with Gasteiger partial charge in [0, 0.05) is 24.7 Å².